The van der Waals surface area contributed by atoms with Gasteiger partial charge in [-0.15, -0.1) is 5.10 Å². The Bertz CT molecular complexity index is 658. The summed E-state index contributed by atoms with van der Waals surface area (Å²) >= 11 is 0. The lowest BCUT2D eigenvalue weighted by Gasteiger charge is -2.37. The number of likely N-dealkylation sites (tertiary alicyclic amines) is 1. The summed E-state index contributed by atoms with van der Waals surface area (Å²) < 4.78 is 7.20. The highest BCUT2D eigenvalue weighted by Gasteiger charge is 2.33. The molecular formula is C16H24N6O2. The molecule has 130 valence electrons. The quantitative estimate of drug-likeness (QED) is 0.853. The largest absolute Gasteiger partial charge is 0.467 e. The minimum atomic E-state index is -0.196. The number of furan rings is 1. The van der Waals surface area contributed by atoms with Gasteiger partial charge in [0.15, 0.2) is 5.82 Å². The lowest BCUT2D eigenvalue weighted by molar-refractivity contribution is -0.123. The van der Waals surface area contributed by atoms with Crippen molar-refractivity contribution in [2.45, 2.75) is 39.3 Å². The minimum absolute atomic E-state index is 0.0202. The number of hydrogen-bond acceptors (Lipinski definition) is 6. The van der Waals surface area contributed by atoms with Crippen LogP contribution in [0.5, 0.6) is 0 Å². The van der Waals surface area contributed by atoms with Crippen molar-refractivity contribution in [1.82, 2.24) is 25.1 Å². The number of carbonyl (C=O) groups is 1. The number of piperidine rings is 1. The number of nitrogens with zero attached hydrogens (tertiary/aromatic N) is 5. The van der Waals surface area contributed by atoms with Crippen LogP contribution in [0, 0.1) is 11.8 Å². The third-order valence-electron chi connectivity index (χ3n) is 4.67. The maximum atomic E-state index is 11.4. The molecule has 1 aliphatic rings. The van der Waals surface area contributed by atoms with Gasteiger partial charge >= 0.3 is 0 Å². The fourth-order valence-corrected chi connectivity index (χ4v) is 3.43. The van der Waals surface area contributed by atoms with Crippen LogP contribution in [0.2, 0.25) is 0 Å². The van der Waals surface area contributed by atoms with Crippen LogP contribution in [-0.2, 0) is 11.3 Å². The summed E-state index contributed by atoms with van der Waals surface area (Å²) in [6, 6.07) is 3.87. The van der Waals surface area contributed by atoms with E-state index in [0.29, 0.717) is 12.5 Å². The topological polar surface area (TPSA) is 103 Å². The third kappa shape index (κ3) is 3.48. The Morgan fingerprint density at radius 1 is 1.42 bits per heavy atom. The fourth-order valence-electron chi connectivity index (χ4n) is 3.43. The van der Waals surface area contributed by atoms with Gasteiger partial charge in [0, 0.05) is 5.92 Å². The molecule has 0 aromatic carbocycles. The first-order valence-electron chi connectivity index (χ1n) is 8.38. The van der Waals surface area contributed by atoms with E-state index in [1.165, 1.54) is 0 Å². The highest BCUT2D eigenvalue weighted by molar-refractivity contribution is 5.76. The number of rotatable bonds is 6. The number of nitrogens with two attached hydrogens (primary N) is 1. The Balaban J connectivity index is 1.77. The molecule has 3 heterocycles. The molecular weight excluding hydrogens is 308 g/mol. The lowest BCUT2D eigenvalue weighted by Crippen LogP contribution is -2.42. The van der Waals surface area contributed by atoms with Crippen molar-refractivity contribution in [3.63, 3.8) is 0 Å². The number of primary amides is 1. The van der Waals surface area contributed by atoms with Crippen molar-refractivity contribution >= 4 is 5.91 Å². The Kier molecular flexibility index (Phi) is 4.94. The van der Waals surface area contributed by atoms with Gasteiger partial charge in [-0.05, 0) is 54.4 Å². The standard InChI is InChI=1S/C16H24N6O2/c1-11(2)14(21-7-5-12(6-8-21)15(17)23)16-18-19-20-22(16)10-13-4-3-9-24-13/h3-4,9,11-12,14H,5-8,10H2,1-2H3,(H2,17,23)/t14-/m1/s1. The highest BCUT2D eigenvalue weighted by atomic mass is 16.3. The zero-order valence-electron chi connectivity index (χ0n) is 14.1. The number of hydrogen-bond donors (Lipinski definition) is 1. The minimum Gasteiger partial charge on any atom is -0.467 e. The van der Waals surface area contributed by atoms with Gasteiger partial charge in [0.2, 0.25) is 5.91 Å². The van der Waals surface area contributed by atoms with Gasteiger partial charge in [0.05, 0.1) is 12.3 Å². The van der Waals surface area contributed by atoms with Gasteiger partial charge in [0.1, 0.15) is 12.3 Å². The molecule has 24 heavy (non-hydrogen) atoms. The van der Waals surface area contributed by atoms with E-state index < -0.39 is 0 Å². The average Bonchev–Trinajstić information content (AvgIpc) is 3.21. The second kappa shape index (κ2) is 7.12. The SMILES string of the molecule is CC(C)[C@H](c1nnnn1Cc1ccco1)N1CCC(C(N)=O)CC1. The molecule has 1 fully saturated rings. The molecule has 2 aromatic rings. The molecule has 2 aromatic heterocycles. The van der Waals surface area contributed by atoms with Crippen molar-refractivity contribution in [1.29, 1.82) is 0 Å². The molecule has 0 aliphatic carbocycles. The van der Waals surface area contributed by atoms with Gasteiger partial charge in [-0.3, -0.25) is 9.69 Å². The van der Waals surface area contributed by atoms with Crippen LogP contribution in [0.1, 0.15) is 44.3 Å². The average molecular weight is 332 g/mol. The van der Waals surface area contributed by atoms with Crippen LogP contribution in [0.4, 0.5) is 0 Å². The smallest absolute Gasteiger partial charge is 0.220 e. The second-order valence-electron chi connectivity index (χ2n) is 6.68. The summed E-state index contributed by atoms with van der Waals surface area (Å²) in [7, 11) is 0. The maximum Gasteiger partial charge on any atom is 0.220 e. The zero-order valence-corrected chi connectivity index (χ0v) is 14.1. The molecule has 2 N–H and O–H groups in total. The fraction of sp³-hybridized carbons (Fsp3) is 0.625. The van der Waals surface area contributed by atoms with Crippen LogP contribution < -0.4 is 5.73 Å². The van der Waals surface area contributed by atoms with E-state index in [1.807, 2.05) is 12.1 Å². The normalized spacial score (nSPS) is 18.1. The molecule has 1 amide bonds. The third-order valence-corrected chi connectivity index (χ3v) is 4.67. The summed E-state index contributed by atoms with van der Waals surface area (Å²) in [4.78, 5) is 13.7. The van der Waals surface area contributed by atoms with Gasteiger partial charge in [-0.1, -0.05) is 13.8 Å². The molecule has 0 saturated carbocycles. The van der Waals surface area contributed by atoms with E-state index in [-0.39, 0.29) is 17.9 Å². The molecule has 8 heteroatoms. The van der Waals surface area contributed by atoms with Gasteiger partial charge in [-0.2, -0.15) is 0 Å². The monoisotopic (exact) mass is 332 g/mol. The highest BCUT2D eigenvalue weighted by Crippen LogP contribution is 2.31. The van der Waals surface area contributed by atoms with E-state index >= 15 is 0 Å². The van der Waals surface area contributed by atoms with Crippen LogP contribution in [0.3, 0.4) is 0 Å². The number of aromatic nitrogens is 4. The van der Waals surface area contributed by atoms with Crippen molar-refractivity contribution < 1.29 is 9.21 Å². The first kappa shape index (κ1) is 16.6. The van der Waals surface area contributed by atoms with Gasteiger partial charge < -0.3 is 10.2 Å². The second-order valence-corrected chi connectivity index (χ2v) is 6.68. The summed E-state index contributed by atoms with van der Waals surface area (Å²) in [5.41, 5.74) is 5.44. The van der Waals surface area contributed by atoms with Gasteiger partial charge in [0.25, 0.3) is 0 Å². The molecule has 3 rings (SSSR count). The number of amides is 1. The van der Waals surface area contributed by atoms with E-state index in [2.05, 4.69) is 34.3 Å². The van der Waals surface area contributed by atoms with Crippen molar-refractivity contribution in [3.05, 3.63) is 30.0 Å². The first-order valence-corrected chi connectivity index (χ1v) is 8.38. The van der Waals surface area contributed by atoms with Crippen LogP contribution in [0.15, 0.2) is 22.8 Å². The molecule has 1 saturated heterocycles. The molecule has 0 radical (unpaired) electrons. The van der Waals surface area contributed by atoms with Gasteiger partial charge in [-0.25, -0.2) is 4.68 Å². The lowest BCUT2D eigenvalue weighted by atomic mass is 9.92. The predicted molar refractivity (Wildman–Crippen MR) is 86.7 cm³/mol. The molecule has 0 spiro atoms. The summed E-state index contributed by atoms with van der Waals surface area (Å²) in [5, 5.41) is 12.3. The van der Waals surface area contributed by atoms with E-state index in [0.717, 1.165) is 37.5 Å². The number of tetrazole rings is 1. The maximum absolute atomic E-state index is 11.4. The Labute approximate surface area is 141 Å². The molecule has 8 nitrogen and oxygen atoms in total. The van der Waals surface area contributed by atoms with E-state index in [1.54, 1.807) is 10.9 Å². The molecule has 1 aliphatic heterocycles. The van der Waals surface area contributed by atoms with Crippen LogP contribution in [0.25, 0.3) is 0 Å². The predicted octanol–water partition coefficient (Wildman–Crippen LogP) is 1.21. The van der Waals surface area contributed by atoms with Crippen LogP contribution in [-0.4, -0.2) is 44.1 Å². The zero-order chi connectivity index (χ0) is 17.1. The van der Waals surface area contributed by atoms with E-state index in [4.69, 9.17) is 10.2 Å². The Hall–Kier alpha value is -2.22. The van der Waals surface area contributed by atoms with E-state index in [9.17, 15) is 4.79 Å². The summed E-state index contributed by atoms with van der Waals surface area (Å²) in [5.74, 6) is 1.78. The Morgan fingerprint density at radius 2 is 2.17 bits per heavy atom. The molecule has 0 unspecified atom stereocenters. The Morgan fingerprint density at radius 3 is 2.75 bits per heavy atom. The summed E-state index contributed by atoms with van der Waals surface area (Å²) in [6.45, 7) is 6.48. The van der Waals surface area contributed by atoms with Crippen LogP contribution >= 0.6 is 0 Å². The van der Waals surface area contributed by atoms with Crippen molar-refractivity contribution in [2.24, 2.45) is 17.6 Å². The first-order chi connectivity index (χ1) is 11.6. The van der Waals surface area contributed by atoms with Crippen molar-refractivity contribution in [2.75, 3.05) is 13.1 Å². The summed E-state index contributed by atoms with van der Waals surface area (Å²) in [6.07, 6.45) is 3.23. The number of carbonyl (C=O) groups excluding carboxylic acids is 1. The molecule has 1 atom stereocenters. The van der Waals surface area contributed by atoms with Crippen molar-refractivity contribution in [3.8, 4) is 0 Å². The molecule has 0 bridgehead atoms.